The standard InChI is InChI=1S/C21H25N5O4S/c1-12-3-8-17(31(28,29)26-15-4-6-16(27)7-5-15)10-18(12)14-9-19(20(22)23-11-14)21-24-13(2)25-30-21/h3,8-11,15-16,26-27H,4-7H2,1-2H3,(H2,22,23). The van der Waals surface area contributed by atoms with Crippen molar-refractivity contribution in [2.24, 2.45) is 0 Å². The summed E-state index contributed by atoms with van der Waals surface area (Å²) in [5.41, 5.74) is 8.78. The van der Waals surface area contributed by atoms with Crippen LogP contribution in [0, 0.1) is 13.8 Å². The van der Waals surface area contributed by atoms with Gasteiger partial charge in [-0.15, -0.1) is 0 Å². The third kappa shape index (κ3) is 4.60. The van der Waals surface area contributed by atoms with E-state index in [0.29, 0.717) is 48.2 Å². The minimum Gasteiger partial charge on any atom is -0.393 e. The fourth-order valence-electron chi connectivity index (χ4n) is 3.76. The van der Waals surface area contributed by atoms with E-state index in [1.54, 1.807) is 37.4 Å². The SMILES string of the molecule is Cc1noc(-c2cc(-c3cc(S(=O)(=O)NC4CCC(O)CC4)ccc3C)cnc2N)n1. The van der Waals surface area contributed by atoms with Gasteiger partial charge in [-0.05, 0) is 68.9 Å². The summed E-state index contributed by atoms with van der Waals surface area (Å²) in [5, 5.41) is 13.4. The van der Waals surface area contributed by atoms with Crippen LogP contribution in [-0.4, -0.2) is 40.8 Å². The van der Waals surface area contributed by atoms with Crippen LogP contribution in [0.2, 0.25) is 0 Å². The first-order valence-electron chi connectivity index (χ1n) is 10.1. The summed E-state index contributed by atoms with van der Waals surface area (Å²) in [4.78, 5) is 8.61. The topological polar surface area (TPSA) is 144 Å². The summed E-state index contributed by atoms with van der Waals surface area (Å²) in [6, 6.07) is 6.58. The fourth-order valence-corrected chi connectivity index (χ4v) is 5.09. The van der Waals surface area contributed by atoms with Gasteiger partial charge in [0, 0.05) is 17.8 Å². The van der Waals surface area contributed by atoms with Crippen LogP contribution in [0.15, 0.2) is 39.9 Å². The van der Waals surface area contributed by atoms with Gasteiger partial charge in [0.1, 0.15) is 5.82 Å². The highest BCUT2D eigenvalue weighted by Gasteiger charge is 2.25. The molecule has 0 aliphatic heterocycles. The van der Waals surface area contributed by atoms with Crippen LogP contribution in [0.1, 0.15) is 37.1 Å². The largest absolute Gasteiger partial charge is 0.393 e. The van der Waals surface area contributed by atoms with Crippen molar-refractivity contribution in [3.63, 3.8) is 0 Å². The number of aryl methyl sites for hydroxylation is 2. The summed E-state index contributed by atoms with van der Waals surface area (Å²) in [6.45, 7) is 3.60. The lowest BCUT2D eigenvalue weighted by Crippen LogP contribution is -2.38. The molecular weight excluding hydrogens is 418 g/mol. The van der Waals surface area contributed by atoms with Crippen LogP contribution in [-0.2, 0) is 10.0 Å². The Morgan fingerprint density at radius 2 is 1.87 bits per heavy atom. The molecule has 1 fully saturated rings. The molecule has 1 aliphatic carbocycles. The van der Waals surface area contributed by atoms with Gasteiger partial charge < -0.3 is 15.4 Å². The van der Waals surface area contributed by atoms with Crippen molar-refractivity contribution < 1.29 is 18.0 Å². The molecule has 4 rings (SSSR count). The third-order valence-electron chi connectivity index (χ3n) is 5.53. The van der Waals surface area contributed by atoms with Gasteiger partial charge in [-0.3, -0.25) is 0 Å². The Morgan fingerprint density at radius 1 is 1.13 bits per heavy atom. The van der Waals surface area contributed by atoms with Crippen molar-refractivity contribution in [2.45, 2.75) is 56.6 Å². The Hall–Kier alpha value is -2.82. The van der Waals surface area contributed by atoms with Crippen molar-refractivity contribution >= 4 is 15.8 Å². The highest BCUT2D eigenvalue weighted by Crippen LogP contribution is 2.32. The van der Waals surface area contributed by atoms with E-state index in [1.165, 1.54) is 0 Å². The molecule has 10 heteroatoms. The van der Waals surface area contributed by atoms with Gasteiger partial charge in [0.05, 0.1) is 16.6 Å². The van der Waals surface area contributed by atoms with Gasteiger partial charge in [0.25, 0.3) is 5.89 Å². The number of hydrogen-bond donors (Lipinski definition) is 3. The second kappa shape index (κ2) is 8.37. The number of nitrogens with zero attached hydrogens (tertiary/aromatic N) is 3. The number of nitrogens with two attached hydrogens (primary N) is 1. The number of nitrogens with one attached hydrogen (secondary N) is 1. The third-order valence-corrected chi connectivity index (χ3v) is 7.04. The van der Waals surface area contributed by atoms with Gasteiger partial charge in [0.2, 0.25) is 10.0 Å². The molecule has 164 valence electrons. The van der Waals surface area contributed by atoms with E-state index in [-0.39, 0.29) is 28.7 Å². The molecule has 3 aromatic rings. The van der Waals surface area contributed by atoms with Crippen LogP contribution < -0.4 is 10.5 Å². The first kappa shape index (κ1) is 21.4. The zero-order valence-electron chi connectivity index (χ0n) is 17.4. The molecule has 0 unspecified atom stereocenters. The van der Waals surface area contributed by atoms with Gasteiger partial charge in [0.15, 0.2) is 5.82 Å². The number of pyridine rings is 1. The molecule has 0 amide bonds. The van der Waals surface area contributed by atoms with Crippen LogP contribution in [0.5, 0.6) is 0 Å². The highest BCUT2D eigenvalue weighted by atomic mass is 32.2. The van der Waals surface area contributed by atoms with Crippen LogP contribution >= 0.6 is 0 Å². The molecule has 0 saturated heterocycles. The molecule has 1 saturated carbocycles. The summed E-state index contributed by atoms with van der Waals surface area (Å²) in [7, 11) is -3.71. The lowest BCUT2D eigenvalue weighted by atomic mass is 9.94. The summed E-state index contributed by atoms with van der Waals surface area (Å²) in [6.07, 6.45) is 3.68. The van der Waals surface area contributed by atoms with Crippen molar-refractivity contribution in [1.82, 2.24) is 19.8 Å². The van der Waals surface area contributed by atoms with Crippen LogP contribution in [0.25, 0.3) is 22.6 Å². The highest BCUT2D eigenvalue weighted by molar-refractivity contribution is 7.89. The Labute approximate surface area is 180 Å². The number of rotatable bonds is 5. The maximum Gasteiger partial charge on any atom is 0.261 e. The second-order valence-corrected chi connectivity index (χ2v) is 9.62. The fraction of sp³-hybridized carbons (Fsp3) is 0.381. The number of nitrogen functional groups attached to an aromatic ring is 1. The second-order valence-electron chi connectivity index (χ2n) is 7.91. The molecule has 0 bridgehead atoms. The number of aliphatic hydroxyl groups is 1. The molecule has 0 atom stereocenters. The number of aliphatic hydroxyl groups excluding tert-OH is 1. The Balaban J connectivity index is 1.67. The molecule has 4 N–H and O–H groups in total. The Kier molecular flexibility index (Phi) is 5.78. The summed E-state index contributed by atoms with van der Waals surface area (Å²) < 4.78 is 33.9. The molecule has 1 aliphatic rings. The van der Waals surface area contributed by atoms with Crippen LogP contribution in [0.4, 0.5) is 5.82 Å². The predicted molar refractivity (Wildman–Crippen MR) is 115 cm³/mol. The van der Waals surface area contributed by atoms with E-state index >= 15 is 0 Å². The van der Waals surface area contributed by atoms with Crippen molar-refractivity contribution in [3.05, 3.63) is 41.9 Å². The van der Waals surface area contributed by atoms with Gasteiger partial charge in [-0.25, -0.2) is 18.1 Å². The van der Waals surface area contributed by atoms with Gasteiger partial charge >= 0.3 is 0 Å². The van der Waals surface area contributed by atoms with E-state index < -0.39 is 10.0 Å². The van der Waals surface area contributed by atoms with Crippen molar-refractivity contribution in [1.29, 1.82) is 0 Å². The summed E-state index contributed by atoms with van der Waals surface area (Å²) in [5.74, 6) is 0.979. The van der Waals surface area contributed by atoms with E-state index in [2.05, 4.69) is 19.8 Å². The first-order chi connectivity index (χ1) is 14.7. The van der Waals surface area contributed by atoms with Crippen molar-refractivity contribution in [2.75, 3.05) is 5.73 Å². The lowest BCUT2D eigenvalue weighted by Gasteiger charge is -2.26. The van der Waals surface area contributed by atoms with Gasteiger partial charge in [-0.1, -0.05) is 11.2 Å². The minimum absolute atomic E-state index is 0.172. The van der Waals surface area contributed by atoms with E-state index in [4.69, 9.17) is 10.3 Å². The van der Waals surface area contributed by atoms with E-state index in [0.717, 1.165) is 5.56 Å². The lowest BCUT2D eigenvalue weighted by molar-refractivity contribution is 0.120. The quantitative estimate of drug-likeness (QED) is 0.546. The molecule has 0 spiro atoms. The van der Waals surface area contributed by atoms with Crippen molar-refractivity contribution in [3.8, 4) is 22.6 Å². The minimum atomic E-state index is -3.71. The molecule has 1 aromatic carbocycles. The molecule has 0 radical (unpaired) electrons. The van der Waals surface area contributed by atoms with E-state index in [9.17, 15) is 13.5 Å². The molecule has 31 heavy (non-hydrogen) atoms. The number of benzene rings is 1. The number of sulfonamides is 1. The zero-order chi connectivity index (χ0) is 22.2. The van der Waals surface area contributed by atoms with Gasteiger partial charge in [-0.2, -0.15) is 4.98 Å². The monoisotopic (exact) mass is 443 g/mol. The molecule has 9 nitrogen and oxygen atoms in total. The average molecular weight is 444 g/mol. The number of aromatic nitrogens is 3. The molecular formula is C21H25N5O4S. The normalized spacial score (nSPS) is 19.5. The predicted octanol–water partition coefficient (Wildman–Crippen LogP) is 2.58. The Morgan fingerprint density at radius 3 is 2.55 bits per heavy atom. The van der Waals surface area contributed by atoms with E-state index in [1.807, 2.05) is 6.92 Å². The first-order valence-corrected chi connectivity index (χ1v) is 11.6. The zero-order valence-corrected chi connectivity index (χ0v) is 18.2. The Bertz CT molecular complexity index is 1200. The number of hydrogen-bond acceptors (Lipinski definition) is 8. The average Bonchev–Trinajstić information content (AvgIpc) is 3.16. The smallest absolute Gasteiger partial charge is 0.261 e. The number of anilines is 1. The maximum atomic E-state index is 13.0. The van der Waals surface area contributed by atoms with Crippen LogP contribution in [0.3, 0.4) is 0 Å². The summed E-state index contributed by atoms with van der Waals surface area (Å²) >= 11 is 0. The molecule has 2 heterocycles. The molecule has 2 aromatic heterocycles. The maximum absolute atomic E-state index is 13.0.